The maximum Gasteiger partial charge on any atom is 0.306 e. The van der Waals surface area contributed by atoms with Crippen LogP contribution in [0.1, 0.15) is 233 Å². The average molecular weight is 948 g/mol. The van der Waals surface area contributed by atoms with E-state index in [1.165, 1.54) is 103 Å². The Morgan fingerprint density at radius 3 is 1.61 bits per heavy atom. The number of rotatable bonds is 45. The molecule has 0 aromatic carbocycles. The number of carbonyl (C=O) groups is 2. The van der Waals surface area contributed by atoms with Gasteiger partial charge >= 0.3 is 5.97 Å². The fraction of sp³-hybridized carbons (Fsp3) is 0.821. The summed E-state index contributed by atoms with van der Waals surface area (Å²) in [5, 5.41) is 56.6. The van der Waals surface area contributed by atoms with E-state index in [0.717, 1.165) is 83.5 Å². The summed E-state index contributed by atoms with van der Waals surface area (Å²) in [5.41, 5.74) is 0. The van der Waals surface area contributed by atoms with E-state index in [1.54, 1.807) is 6.08 Å². The number of allylic oxidation sites excluding steroid dienone is 7. The maximum atomic E-state index is 13.3. The van der Waals surface area contributed by atoms with Crippen molar-refractivity contribution in [2.75, 3.05) is 13.2 Å². The van der Waals surface area contributed by atoms with Crippen molar-refractivity contribution >= 4 is 11.9 Å². The quantitative estimate of drug-likeness (QED) is 0.0196. The SMILES string of the molecule is CC/C=C/C/C=C/C/C=C/CCCCCCC(=O)OC1C(OCC(NC(=O)C(O)CCCCCCCCCCCCCCC)C(O)/C=C/CCCCCCCCCCC)OC(CO)C(O)C1O. The molecule has 1 fully saturated rings. The molecule has 6 N–H and O–H groups in total. The minimum absolute atomic E-state index is 0.0981. The van der Waals surface area contributed by atoms with Gasteiger partial charge in [0.2, 0.25) is 5.91 Å². The number of hydrogen-bond acceptors (Lipinski definition) is 10. The van der Waals surface area contributed by atoms with Gasteiger partial charge in [-0.1, -0.05) is 217 Å². The van der Waals surface area contributed by atoms with Gasteiger partial charge in [-0.15, -0.1) is 0 Å². The molecule has 1 rings (SSSR count). The van der Waals surface area contributed by atoms with Crippen molar-refractivity contribution < 1.29 is 49.3 Å². The molecule has 0 saturated carbocycles. The van der Waals surface area contributed by atoms with Gasteiger partial charge in [0, 0.05) is 6.42 Å². The predicted octanol–water partition coefficient (Wildman–Crippen LogP) is 11.7. The van der Waals surface area contributed by atoms with Gasteiger partial charge in [-0.2, -0.15) is 0 Å². The van der Waals surface area contributed by atoms with Crippen LogP contribution in [0.4, 0.5) is 0 Å². The third-order valence-electron chi connectivity index (χ3n) is 12.7. The second-order valence-electron chi connectivity index (χ2n) is 18.9. The number of amides is 1. The molecular weight excluding hydrogens is 847 g/mol. The second-order valence-corrected chi connectivity index (χ2v) is 18.9. The van der Waals surface area contributed by atoms with Crippen LogP contribution in [0.15, 0.2) is 48.6 Å². The van der Waals surface area contributed by atoms with E-state index in [0.29, 0.717) is 19.3 Å². The highest BCUT2D eigenvalue weighted by Gasteiger charge is 2.47. The summed E-state index contributed by atoms with van der Waals surface area (Å²) in [4.78, 5) is 26.4. The molecule has 1 heterocycles. The van der Waals surface area contributed by atoms with E-state index < -0.39 is 67.4 Å². The van der Waals surface area contributed by atoms with Crippen LogP contribution in [0.2, 0.25) is 0 Å². The van der Waals surface area contributed by atoms with Crippen molar-refractivity contribution in [2.45, 2.75) is 282 Å². The predicted molar refractivity (Wildman–Crippen MR) is 273 cm³/mol. The lowest BCUT2D eigenvalue weighted by Crippen LogP contribution is -2.61. The molecule has 0 radical (unpaired) electrons. The monoisotopic (exact) mass is 948 g/mol. The molecule has 67 heavy (non-hydrogen) atoms. The molecule has 0 spiro atoms. The fourth-order valence-electron chi connectivity index (χ4n) is 8.37. The summed E-state index contributed by atoms with van der Waals surface area (Å²) in [6.45, 7) is 5.63. The molecule has 0 bridgehead atoms. The van der Waals surface area contributed by atoms with Crippen molar-refractivity contribution in [3.05, 3.63) is 48.6 Å². The number of ether oxygens (including phenoxy) is 3. The Hall–Kier alpha value is -2.38. The van der Waals surface area contributed by atoms with Gasteiger partial charge in [0.25, 0.3) is 0 Å². The Kier molecular flexibility index (Phi) is 41.9. The number of aliphatic hydroxyl groups is 5. The Bertz CT molecular complexity index is 1270. The molecule has 0 aromatic rings. The number of unbranched alkanes of at least 4 members (excludes halogenated alkanes) is 25. The molecule has 1 amide bonds. The van der Waals surface area contributed by atoms with Crippen LogP contribution in [0.25, 0.3) is 0 Å². The zero-order chi connectivity index (χ0) is 49.0. The largest absolute Gasteiger partial charge is 0.454 e. The Balaban J connectivity index is 2.76. The summed E-state index contributed by atoms with van der Waals surface area (Å²) >= 11 is 0. The van der Waals surface area contributed by atoms with Crippen LogP contribution >= 0.6 is 0 Å². The number of esters is 1. The molecule has 390 valence electrons. The number of aliphatic hydroxyl groups excluding tert-OH is 5. The normalized spacial score (nSPS) is 20.4. The van der Waals surface area contributed by atoms with Crippen molar-refractivity contribution in [3.63, 3.8) is 0 Å². The first-order chi connectivity index (χ1) is 32.7. The van der Waals surface area contributed by atoms with E-state index in [2.05, 4.69) is 62.5 Å². The van der Waals surface area contributed by atoms with E-state index in [4.69, 9.17) is 14.2 Å². The van der Waals surface area contributed by atoms with Crippen LogP contribution in [-0.2, 0) is 23.8 Å². The average Bonchev–Trinajstić information content (AvgIpc) is 3.32. The fourth-order valence-corrected chi connectivity index (χ4v) is 8.37. The van der Waals surface area contributed by atoms with Gasteiger partial charge in [0.05, 0.1) is 25.4 Å². The summed E-state index contributed by atoms with van der Waals surface area (Å²) < 4.78 is 17.5. The number of carbonyl (C=O) groups excluding carboxylic acids is 2. The topological polar surface area (TPSA) is 175 Å². The number of nitrogens with one attached hydrogen (secondary N) is 1. The standard InChI is InChI=1S/C56H101NO10/c1-4-7-10-13-16-19-22-24-26-29-32-35-38-41-44-51(61)67-54-53(63)52(62)50(45-58)66-56(54)65-46-47(48(59)42-39-36-33-30-27-21-18-15-12-9-6-3)57-55(64)49(60)43-40-37-34-31-28-25-23-20-17-14-11-8-5-2/h7,10,16,19,24,26,39,42,47-50,52-54,56,58-60,62-63H,4-6,8-9,11-15,17-18,20-23,25,27-38,40-41,43-46H2,1-3H3,(H,57,64)/b10-7+,19-16+,26-24+,42-39+. The van der Waals surface area contributed by atoms with Crippen molar-refractivity contribution in [3.8, 4) is 0 Å². The summed E-state index contributed by atoms with van der Waals surface area (Å²) in [6, 6.07) is -1.02. The minimum atomic E-state index is -1.62. The molecule has 0 aromatic heterocycles. The lowest BCUT2D eigenvalue weighted by molar-refractivity contribution is -0.305. The summed E-state index contributed by atoms with van der Waals surface area (Å²) in [7, 11) is 0. The third-order valence-corrected chi connectivity index (χ3v) is 12.7. The summed E-state index contributed by atoms with van der Waals surface area (Å²) in [5.74, 6) is -1.22. The van der Waals surface area contributed by atoms with Crippen LogP contribution < -0.4 is 5.32 Å². The van der Waals surface area contributed by atoms with Gasteiger partial charge in [-0.25, -0.2) is 0 Å². The van der Waals surface area contributed by atoms with Crippen LogP contribution in [-0.4, -0.2) is 99.6 Å². The number of hydrogen-bond donors (Lipinski definition) is 6. The molecule has 11 nitrogen and oxygen atoms in total. The highest BCUT2D eigenvalue weighted by atomic mass is 16.7. The van der Waals surface area contributed by atoms with Crippen LogP contribution in [0, 0.1) is 0 Å². The molecule has 8 unspecified atom stereocenters. The maximum absolute atomic E-state index is 13.3. The van der Waals surface area contributed by atoms with Gasteiger partial charge in [-0.05, 0) is 57.8 Å². The van der Waals surface area contributed by atoms with Crippen molar-refractivity contribution in [1.29, 1.82) is 0 Å². The third kappa shape index (κ3) is 33.7. The van der Waals surface area contributed by atoms with Crippen molar-refractivity contribution in [2.24, 2.45) is 0 Å². The lowest BCUT2D eigenvalue weighted by atomic mass is 9.99. The van der Waals surface area contributed by atoms with E-state index in [1.807, 2.05) is 6.08 Å². The smallest absolute Gasteiger partial charge is 0.306 e. The first-order valence-corrected chi connectivity index (χ1v) is 27.4. The molecule has 11 heteroatoms. The van der Waals surface area contributed by atoms with Crippen LogP contribution in [0.5, 0.6) is 0 Å². The molecule has 1 aliphatic heterocycles. The Labute approximate surface area is 408 Å². The molecule has 1 aliphatic rings. The summed E-state index contributed by atoms with van der Waals surface area (Å²) in [6.07, 6.45) is 41.6. The van der Waals surface area contributed by atoms with E-state index in [-0.39, 0.29) is 13.0 Å². The van der Waals surface area contributed by atoms with Crippen LogP contribution in [0.3, 0.4) is 0 Å². The van der Waals surface area contributed by atoms with E-state index >= 15 is 0 Å². The highest BCUT2D eigenvalue weighted by Crippen LogP contribution is 2.26. The zero-order valence-electron chi connectivity index (χ0n) is 42.8. The first kappa shape index (κ1) is 62.6. The van der Waals surface area contributed by atoms with Gasteiger partial charge in [0.1, 0.15) is 24.4 Å². The zero-order valence-corrected chi connectivity index (χ0v) is 42.8. The van der Waals surface area contributed by atoms with Gasteiger partial charge in [-0.3, -0.25) is 9.59 Å². The second kappa shape index (κ2) is 44.8. The molecular formula is C56H101NO10. The Morgan fingerprint density at radius 1 is 0.597 bits per heavy atom. The molecule has 0 aliphatic carbocycles. The first-order valence-electron chi connectivity index (χ1n) is 27.4. The van der Waals surface area contributed by atoms with Crippen molar-refractivity contribution in [1.82, 2.24) is 5.32 Å². The molecule has 1 saturated heterocycles. The lowest BCUT2D eigenvalue weighted by Gasteiger charge is -2.41. The van der Waals surface area contributed by atoms with E-state index in [9.17, 15) is 35.1 Å². The molecule has 8 atom stereocenters. The van der Waals surface area contributed by atoms with Gasteiger partial charge in [0.15, 0.2) is 12.4 Å². The minimum Gasteiger partial charge on any atom is -0.454 e. The van der Waals surface area contributed by atoms with Gasteiger partial charge < -0.3 is 45.1 Å². The highest BCUT2D eigenvalue weighted by molar-refractivity contribution is 5.80. The Morgan fingerprint density at radius 2 is 1.07 bits per heavy atom.